The van der Waals surface area contributed by atoms with Crippen molar-refractivity contribution in [3.05, 3.63) is 46.5 Å². The molecule has 0 aliphatic carbocycles. The maximum atomic E-state index is 13.2. The van der Waals surface area contributed by atoms with Gasteiger partial charge in [-0.1, -0.05) is 19.4 Å². The highest BCUT2D eigenvalue weighted by Crippen LogP contribution is 2.17. The van der Waals surface area contributed by atoms with E-state index in [4.69, 9.17) is 9.15 Å². The molecule has 0 aromatic carbocycles. The molecule has 6 nitrogen and oxygen atoms in total. The summed E-state index contributed by atoms with van der Waals surface area (Å²) in [6.45, 7) is 4.45. The van der Waals surface area contributed by atoms with Crippen molar-refractivity contribution in [2.45, 2.75) is 51.7 Å². The highest BCUT2D eigenvalue weighted by atomic mass is 32.1. The highest BCUT2D eigenvalue weighted by molar-refractivity contribution is 7.10. The zero-order chi connectivity index (χ0) is 20.5. The van der Waals surface area contributed by atoms with Crippen molar-refractivity contribution in [3.63, 3.8) is 0 Å². The van der Waals surface area contributed by atoms with Crippen molar-refractivity contribution in [1.29, 1.82) is 0 Å². The molecule has 158 valence electrons. The predicted octanol–water partition coefficient (Wildman–Crippen LogP) is 3.72. The molecular formula is C22H30N2O4S. The number of carbonyl (C=O) groups is 2. The van der Waals surface area contributed by atoms with Crippen LogP contribution in [0.4, 0.5) is 0 Å². The van der Waals surface area contributed by atoms with E-state index in [-0.39, 0.29) is 24.5 Å². The minimum absolute atomic E-state index is 0.00400. The van der Waals surface area contributed by atoms with Gasteiger partial charge in [-0.2, -0.15) is 0 Å². The van der Waals surface area contributed by atoms with E-state index >= 15 is 0 Å². The maximum Gasteiger partial charge on any atom is 0.242 e. The Hall–Kier alpha value is -2.12. The lowest BCUT2D eigenvalue weighted by Gasteiger charge is -2.28. The van der Waals surface area contributed by atoms with Gasteiger partial charge in [-0.25, -0.2) is 0 Å². The lowest BCUT2D eigenvalue weighted by Crippen LogP contribution is -2.45. The van der Waals surface area contributed by atoms with Crippen LogP contribution in [-0.4, -0.2) is 54.0 Å². The molecule has 1 aliphatic heterocycles. The summed E-state index contributed by atoms with van der Waals surface area (Å²) < 4.78 is 11.2. The summed E-state index contributed by atoms with van der Waals surface area (Å²) in [5.41, 5.74) is 0. The number of hydrogen-bond acceptors (Lipinski definition) is 5. The first-order chi connectivity index (χ1) is 14.2. The Morgan fingerprint density at radius 3 is 2.76 bits per heavy atom. The molecule has 0 radical (unpaired) electrons. The topological polar surface area (TPSA) is 63.0 Å². The molecule has 2 aromatic rings. The molecule has 1 fully saturated rings. The summed E-state index contributed by atoms with van der Waals surface area (Å²) in [6.07, 6.45) is 5.85. The number of thiophene rings is 1. The van der Waals surface area contributed by atoms with Crippen molar-refractivity contribution in [2.24, 2.45) is 0 Å². The summed E-state index contributed by atoms with van der Waals surface area (Å²) in [5, 5.41) is 1.97. The molecule has 0 bridgehead atoms. The van der Waals surface area contributed by atoms with E-state index in [1.807, 2.05) is 29.6 Å². The Morgan fingerprint density at radius 2 is 2.10 bits per heavy atom. The van der Waals surface area contributed by atoms with Gasteiger partial charge in [0, 0.05) is 24.6 Å². The fourth-order valence-electron chi connectivity index (χ4n) is 3.46. The average Bonchev–Trinajstić information content (AvgIpc) is 3.48. The van der Waals surface area contributed by atoms with Gasteiger partial charge in [0.15, 0.2) is 0 Å². The third-order valence-corrected chi connectivity index (χ3v) is 5.97. The molecule has 2 aromatic heterocycles. The molecule has 3 heterocycles. The van der Waals surface area contributed by atoms with Crippen LogP contribution >= 0.6 is 11.3 Å². The summed E-state index contributed by atoms with van der Waals surface area (Å²) in [5.74, 6) is 0.679. The van der Waals surface area contributed by atoms with E-state index in [1.54, 1.807) is 27.4 Å². The normalized spacial score (nSPS) is 16.1. The lowest BCUT2D eigenvalue weighted by molar-refractivity contribution is -0.141. The number of rotatable bonds is 11. The van der Waals surface area contributed by atoms with Crippen molar-refractivity contribution >= 4 is 23.2 Å². The number of hydrogen-bond donors (Lipinski definition) is 0. The Labute approximate surface area is 176 Å². The summed E-state index contributed by atoms with van der Waals surface area (Å²) in [7, 11) is 0. The number of ether oxygens (including phenoxy) is 1. The van der Waals surface area contributed by atoms with E-state index in [0.717, 1.165) is 42.9 Å². The van der Waals surface area contributed by atoms with Crippen LogP contribution in [0, 0.1) is 0 Å². The van der Waals surface area contributed by atoms with Gasteiger partial charge in [-0.3, -0.25) is 9.59 Å². The maximum absolute atomic E-state index is 13.2. The predicted molar refractivity (Wildman–Crippen MR) is 113 cm³/mol. The van der Waals surface area contributed by atoms with E-state index < -0.39 is 0 Å². The molecule has 0 N–H and O–H groups in total. The number of unbranched alkanes of at least 4 members (excludes halogenated alkanes) is 1. The Kier molecular flexibility index (Phi) is 8.31. The summed E-state index contributed by atoms with van der Waals surface area (Å²) in [6, 6.07) is 7.60. The third-order valence-electron chi connectivity index (χ3n) is 5.09. The fourth-order valence-corrected chi connectivity index (χ4v) is 4.15. The average molecular weight is 419 g/mol. The minimum atomic E-state index is -0.0625. The monoisotopic (exact) mass is 418 g/mol. The molecule has 29 heavy (non-hydrogen) atoms. The largest absolute Gasteiger partial charge is 0.467 e. The summed E-state index contributed by atoms with van der Waals surface area (Å²) in [4.78, 5) is 30.5. The highest BCUT2D eigenvalue weighted by Gasteiger charge is 2.26. The quantitative estimate of drug-likeness (QED) is 0.558. The van der Waals surface area contributed by atoms with Crippen LogP contribution < -0.4 is 0 Å². The van der Waals surface area contributed by atoms with Crippen LogP contribution in [0.2, 0.25) is 0 Å². The van der Waals surface area contributed by atoms with Crippen LogP contribution in [0.1, 0.15) is 43.2 Å². The molecule has 3 rings (SSSR count). The molecule has 1 atom stereocenters. The number of nitrogens with zero attached hydrogens (tertiary/aromatic N) is 2. The van der Waals surface area contributed by atoms with Crippen molar-refractivity contribution in [2.75, 3.05) is 26.2 Å². The number of carbonyl (C=O) groups excluding carboxylic acids is 2. The van der Waals surface area contributed by atoms with E-state index in [9.17, 15) is 9.59 Å². The molecular weight excluding hydrogens is 388 g/mol. The van der Waals surface area contributed by atoms with Gasteiger partial charge in [0.05, 0.1) is 31.9 Å². The molecule has 0 spiro atoms. The second-order valence-corrected chi connectivity index (χ2v) is 8.45. The minimum Gasteiger partial charge on any atom is -0.467 e. The molecule has 0 unspecified atom stereocenters. The molecule has 0 saturated carbocycles. The van der Waals surface area contributed by atoms with Gasteiger partial charge >= 0.3 is 0 Å². The second kappa shape index (κ2) is 11.2. The van der Waals surface area contributed by atoms with Crippen molar-refractivity contribution in [3.8, 4) is 0 Å². The van der Waals surface area contributed by atoms with Gasteiger partial charge in [-0.05, 0) is 42.8 Å². The molecule has 2 amide bonds. The summed E-state index contributed by atoms with van der Waals surface area (Å²) >= 11 is 1.57. The zero-order valence-corrected chi connectivity index (χ0v) is 17.9. The van der Waals surface area contributed by atoms with Crippen LogP contribution in [0.25, 0.3) is 0 Å². The number of furan rings is 1. The molecule has 1 saturated heterocycles. The van der Waals surface area contributed by atoms with Crippen LogP contribution in [-0.2, 0) is 27.3 Å². The van der Waals surface area contributed by atoms with Crippen LogP contribution in [0.5, 0.6) is 0 Å². The first kappa shape index (κ1) is 21.6. The van der Waals surface area contributed by atoms with E-state index in [0.29, 0.717) is 26.1 Å². The Balaban J connectivity index is 1.66. The first-order valence-corrected chi connectivity index (χ1v) is 11.3. The molecule has 7 heteroatoms. The Morgan fingerprint density at radius 1 is 1.21 bits per heavy atom. The van der Waals surface area contributed by atoms with Gasteiger partial charge < -0.3 is 19.0 Å². The number of amides is 2. The van der Waals surface area contributed by atoms with Gasteiger partial charge in [0.2, 0.25) is 11.8 Å². The van der Waals surface area contributed by atoms with E-state index in [1.165, 1.54) is 0 Å². The smallest absolute Gasteiger partial charge is 0.242 e. The SMILES string of the molecule is CCCCN(CC(=O)N(Cc1ccco1)C[C@@H]1CCCO1)C(=O)Cc1cccs1. The second-order valence-electron chi connectivity index (χ2n) is 7.41. The standard InChI is InChI=1S/C22H30N2O4S/c1-2-3-10-23(21(25)14-20-9-6-13-29-20)17-22(26)24(15-18-7-4-11-27-18)16-19-8-5-12-28-19/h4,6-7,9,11,13,19H,2-3,5,8,10,12,14-17H2,1H3/t19-/m0/s1. The van der Waals surface area contributed by atoms with Gasteiger partial charge in [-0.15, -0.1) is 11.3 Å². The third kappa shape index (κ3) is 6.72. The van der Waals surface area contributed by atoms with Gasteiger partial charge in [0.25, 0.3) is 0 Å². The van der Waals surface area contributed by atoms with Crippen molar-refractivity contribution in [1.82, 2.24) is 9.80 Å². The fraction of sp³-hybridized carbons (Fsp3) is 0.545. The van der Waals surface area contributed by atoms with Gasteiger partial charge in [0.1, 0.15) is 5.76 Å². The first-order valence-electron chi connectivity index (χ1n) is 10.4. The molecule has 1 aliphatic rings. The lowest BCUT2D eigenvalue weighted by atomic mass is 10.2. The Bertz CT molecular complexity index is 739. The zero-order valence-electron chi connectivity index (χ0n) is 17.0. The van der Waals surface area contributed by atoms with Crippen molar-refractivity contribution < 1.29 is 18.7 Å². The van der Waals surface area contributed by atoms with E-state index in [2.05, 4.69) is 6.92 Å². The van der Waals surface area contributed by atoms with Crippen LogP contribution in [0.15, 0.2) is 40.3 Å². The van der Waals surface area contributed by atoms with Crippen LogP contribution in [0.3, 0.4) is 0 Å².